The molecule has 0 saturated carbocycles. The molecule has 50 heavy (non-hydrogen) atoms. The van der Waals surface area contributed by atoms with E-state index in [9.17, 15) is 0 Å². The third-order valence-corrected chi connectivity index (χ3v) is 9.28. The first-order valence-corrected chi connectivity index (χ1v) is 17.3. The fraction of sp³-hybridized carbons (Fsp3) is 0.182. The maximum Gasteiger partial charge on any atom is 0.115 e. The van der Waals surface area contributed by atoms with E-state index in [0.29, 0.717) is 11.8 Å². The number of hydrogen-bond acceptors (Lipinski definition) is 6. The van der Waals surface area contributed by atoms with Crippen molar-refractivity contribution in [1.82, 2.24) is 29.9 Å². The van der Waals surface area contributed by atoms with Crippen molar-refractivity contribution in [3.8, 4) is 44.8 Å². The predicted octanol–water partition coefficient (Wildman–Crippen LogP) is 10.6. The first-order chi connectivity index (χ1) is 24.4. The molecule has 0 fully saturated rings. The smallest absolute Gasteiger partial charge is 0.115 e. The van der Waals surface area contributed by atoms with Crippen LogP contribution in [0.3, 0.4) is 0 Å². The van der Waals surface area contributed by atoms with Gasteiger partial charge < -0.3 is 0 Å². The minimum atomic E-state index is 0.495. The number of benzene rings is 4. The molecule has 0 saturated heterocycles. The maximum atomic E-state index is 5.41. The van der Waals surface area contributed by atoms with Crippen LogP contribution in [-0.2, 0) is 12.8 Å². The first kappa shape index (κ1) is 31.4. The van der Waals surface area contributed by atoms with Crippen LogP contribution in [-0.4, -0.2) is 29.9 Å². The molecule has 0 spiro atoms. The summed E-state index contributed by atoms with van der Waals surface area (Å²) < 4.78 is 0. The summed E-state index contributed by atoms with van der Waals surface area (Å²) in [5.74, 6) is 0.990. The molecule has 8 aromatic rings. The average Bonchev–Trinajstić information content (AvgIpc) is 3.15. The second kappa shape index (κ2) is 13.2. The van der Waals surface area contributed by atoms with Crippen molar-refractivity contribution in [1.29, 1.82) is 0 Å². The Morgan fingerprint density at radius 3 is 1.20 bits per heavy atom. The standard InChI is InChI=1S/C44H38N6/c1-27(2)15-33-19-41(31-9-5-7-29(17-31)35-21-45-25-46-22-35)49-43-37(33)11-13-40-39(43)14-12-38-34(16-28(3)4)20-42(50-44(38)40)32-10-6-8-30(18-32)36-23-47-26-48-24-36/h5-14,17-28H,15-16H2,1-4H3. The Morgan fingerprint density at radius 1 is 0.420 bits per heavy atom. The zero-order valence-electron chi connectivity index (χ0n) is 28.8. The van der Waals surface area contributed by atoms with Gasteiger partial charge in [-0.3, -0.25) is 0 Å². The Kier molecular flexibility index (Phi) is 8.29. The molecule has 4 heterocycles. The van der Waals surface area contributed by atoms with Crippen molar-refractivity contribution in [2.75, 3.05) is 0 Å². The number of aromatic nitrogens is 6. The second-order valence-corrected chi connectivity index (χ2v) is 14.0. The number of pyridine rings is 2. The van der Waals surface area contributed by atoms with E-state index in [4.69, 9.17) is 9.97 Å². The van der Waals surface area contributed by atoms with E-state index in [1.54, 1.807) is 12.7 Å². The normalized spacial score (nSPS) is 11.7. The van der Waals surface area contributed by atoms with Crippen molar-refractivity contribution in [2.45, 2.75) is 40.5 Å². The molecule has 0 amide bonds. The summed E-state index contributed by atoms with van der Waals surface area (Å²) in [5.41, 5.74) is 12.8. The van der Waals surface area contributed by atoms with E-state index in [-0.39, 0.29) is 0 Å². The molecular weight excluding hydrogens is 613 g/mol. The van der Waals surface area contributed by atoms with Gasteiger partial charge in [0.15, 0.2) is 0 Å². The number of fused-ring (bicyclic) bond motifs is 5. The fourth-order valence-corrected chi connectivity index (χ4v) is 7.05. The van der Waals surface area contributed by atoms with E-state index >= 15 is 0 Å². The lowest BCUT2D eigenvalue weighted by atomic mass is 9.92. The van der Waals surface area contributed by atoms with Crippen molar-refractivity contribution >= 4 is 32.6 Å². The topological polar surface area (TPSA) is 77.3 Å². The van der Waals surface area contributed by atoms with Crippen molar-refractivity contribution < 1.29 is 0 Å². The lowest BCUT2D eigenvalue weighted by Crippen LogP contribution is -2.00. The Bertz CT molecular complexity index is 2310. The molecule has 0 unspecified atom stereocenters. The summed E-state index contributed by atoms with van der Waals surface area (Å²) in [6.45, 7) is 9.10. The van der Waals surface area contributed by atoms with E-state index in [2.05, 4.69) is 133 Å². The van der Waals surface area contributed by atoms with Gasteiger partial charge in [-0.1, -0.05) is 88.4 Å². The van der Waals surface area contributed by atoms with Crippen LogP contribution in [0.5, 0.6) is 0 Å². The maximum absolute atomic E-state index is 5.41. The third kappa shape index (κ3) is 6.09. The minimum Gasteiger partial charge on any atom is -0.247 e. The van der Waals surface area contributed by atoms with Gasteiger partial charge >= 0.3 is 0 Å². The van der Waals surface area contributed by atoms with E-state index in [1.165, 1.54) is 21.9 Å². The summed E-state index contributed by atoms with van der Waals surface area (Å²) in [6.07, 6.45) is 12.4. The zero-order chi connectivity index (χ0) is 34.2. The fourth-order valence-electron chi connectivity index (χ4n) is 7.05. The van der Waals surface area contributed by atoms with Crippen LogP contribution >= 0.6 is 0 Å². The summed E-state index contributed by atoms with van der Waals surface area (Å²) in [4.78, 5) is 27.8. The highest BCUT2D eigenvalue weighted by Gasteiger charge is 2.17. The van der Waals surface area contributed by atoms with Crippen molar-refractivity contribution in [2.24, 2.45) is 11.8 Å². The molecule has 6 heteroatoms. The summed E-state index contributed by atoms with van der Waals surface area (Å²) in [5, 5.41) is 4.62. The van der Waals surface area contributed by atoms with Crippen LogP contribution in [0.15, 0.2) is 122 Å². The third-order valence-electron chi connectivity index (χ3n) is 9.28. The van der Waals surface area contributed by atoms with Crippen LogP contribution in [0.25, 0.3) is 77.3 Å². The van der Waals surface area contributed by atoms with Gasteiger partial charge in [-0.2, -0.15) is 0 Å². The largest absolute Gasteiger partial charge is 0.247 e. The monoisotopic (exact) mass is 650 g/mol. The zero-order valence-corrected chi connectivity index (χ0v) is 28.8. The molecule has 6 nitrogen and oxygen atoms in total. The quantitative estimate of drug-likeness (QED) is 0.152. The van der Waals surface area contributed by atoms with Crippen LogP contribution < -0.4 is 0 Å². The molecule has 8 rings (SSSR count). The first-order valence-electron chi connectivity index (χ1n) is 17.3. The highest BCUT2D eigenvalue weighted by molar-refractivity contribution is 6.16. The van der Waals surface area contributed by atoms with Crippen LogP contribution in [0.2, 0.25) is 0 Å². The van der Waals surface area contributed by atoms with Crippen molar-refractivity contribution in [3.05, 3.63) is 133 Å². The molecule has 0 radical (unpaired) electrons. The van der Waals surface area contributed by atoms with Gasteiger partial charge in [0.05, 0.1) is 22.4 Å². The van der Waals surface area contributed by atoms with Crippen LogP contribution in [0.1, 0.15) is 38.8 Å². The molecule has 244 valence electrons. The molecule has 0 atom stereocenters. The van der Waals surface area contributed by atoms with Gasteiger partial charge in [-0.15, -0.1) is 0 Å². The van der Waals surface area contributed by atoms with Crippen molar-refractivity contribution in [3.63, 3.8) is 0 Å². The Balaban J connectivity index is 1.35. The highest BCUT2D eigenvalue weighted by atomic mass is 14.8. The van der Waals surface area contributed by atoms with Gasteiger partial charge in [0.2, 0.25) is 0 Å². The van der Waals surface area contributed by atoms with Crippen LogP contribution in [0.4, 0.5) is 0 Å². The van der Waals surface area contributed by atoms with Gasteiger partial charge in [-0.05, 0) is 71.2 Å². The highest BCUT2D eigenvalue weighted by Crippen LogP contribution is 2.37. The lowest BCUT2D eigenvalue weighted by molar-refractivity contribution is 0.650. The second-order valence-electron chi connectivity index (χ2n) is 14.0. The Labute approximate surface area is 292 Å². The molecular formula is C44H38N6. The molecule has 4 aromatic carbocycles. The summed E-state index contributed by atoms with van der Waals surface area (Å²) in [6, 6.07) is 30.6. The van der Waals surface area contributed by atoms with Gasteiger partial charge in [0, 0.05) is 68.6 Å². The van der Waals surface area contributed by atoms with Gasteiger partial charge in [-0.25, -0.2) is 29.9 Å². The number of hydrogen-bond donors (Lipinski definition) is 0. The molecule has 0 aliphatic heterocycles. The molecule has 0 aliphatic rings. The lowest BCUT2D eigenvalue weighted by Gasteiger charge is -2.17. The molecule has 0 N–H and O–H groups in total. The van der Waals surface area contributed by atoms with E-state index in [1.807, 2.05) is 24.8 Å². The van der Waals surface area contributed by atoms with Gasteiger partial charge in [0.25, 0.3) is 0 Å². The average molecular weight is 651 g/mol. The van der Waals surface area contributed by atoms with E-state index in [0.717, 1.165) is 79.4 Å². The summed E-state index contributed by atoms with van der Waals surface area (Å²) in [7, 11) is 0. The SMILES string of the molecule is CC(C)Cc1cc(-c2cccc(-c3cncnc3)c2)nc2c1ccc1c2ccc2c(CC(C)C)cc(-c3cccc(-c4cncnc4)c3)nc21. The molecule has 0 aliphatic carbocycles. The minimum absolute atomic E-state index is 0.495. The Hall–Kier alpha value is -5.88. The number of nitrogens with zero attached hydrogens (tertiary/aromatic N) is 6. The molecule has 4 aromatic heterocycles. The Morgan fingerprint density at radius 2 is 0.800 bits per heavy atom. The van der Waals surface area contributed by atoms with Gasteiger partial charge in [0.1, 0.15) is 12.7 Å². The predicted molar refractivity (Wildman–Crippen MR) is 205 cm³/mol. The summed E-state index contributed by atoms with van der Waals surface area (Å²) >= 11 is 0. The molecule has 0 bridgehead atoms. The number of rotatable bonds is 8. The van der Waals surface area contributed by atoms with Crippen LogP contribution in [0, 0.1) is 11.8 Å². The van der Waals surface area contributed by atoms with E-state index < -0.39 is 0 Å².